The van der Waals surface area contributed by atoms with Gasteiger partial charge in [0, 0.05) is 13.1 Å². The quantitative estimate of drug-likeness (QED) is 0.756. The molecule has 7 heteroatoms. The Hall–Kier alpha value is -2.70. The summed E-state index contributed by atoms with van der Waals surface area (Å²) >= 11 is 0. The SMILES string of the molecule is Cc1ccc2c(c1)C(=O)N(CC(=O)N(CCC(=O)O)CC(C)C)C2=O. The minimum atomic E-state index is -1.00. The van der Waals surface area contributed by atoms with E-state index in [0.29, 0.717) is 17.7 Å². The molecule has 1 aromatic carbocycles. The van der Waals surface area contributed by atoms with Gasteiger partial charge in [0.2, 0.25) is 5.91 Å². The van der Waals surface area contributed by atoms with E-state index in [2.05, 4.69) is 0 Å². The molecule has 0 radical (unpaired) electrons. The van der Waals surface area contributed by atoms with Crippen molar-refractivity contribution >= 4 is 23.7 Å². The first-order chi connectivity index (χ1) is 11.7. The van der Waals surface area contributed by atoms with Crippen molar-refractivity contribution in [1.82, 2.24) is 9.80 Å². The number of nitrogens with zero attached hydrogens (tertiary/aromatic N) is 2. The van der Waals surface area contributed by atoms with Crippen LogP contribution >= 0.6 is 0 Å². The molecular formula is C18H22N2O5. The van der Waals surface area contributed by atoms with Gasteiger partial charge in [0.1, 0.15) is 6.54 Å². The third kappa shape index (κ3) is 4.23. The molecule has 0 aromatic heterocycles. The minimum absolute atomic E-state index is 0.0502. The van der Waals surface area contributed by atoms with Gasteiger partial charge in [-0.1, -0.05) is 25.5 Å². The highest BCUT2D eigenvalue weighted by atomic mass is 16.4. The lowest BCUT2D eigenvalue weighted by Gasteiger charge is -2.26. The van der Waals surface area contributed by atoms with Gasteiger partial charge in [0.15, 0.2) is 0 Å². The van der Waals surface area contributed by atoms with Gasteiger partial charge >= 0.3 is 5.97 Å². The molecule has 25 heavy (non-hydrogen) atoms. The second kappa shape index (κ2) is 7.46. The summed E-state index contributed by atoms with van der Waals surface area (Å²) in [6, 6.07) is 4.97. The number of hydrogen-bond acceptors (Lipinski definition) is 4. The molecule has 134 valence electrons. The zero-order chi connectivity index (χ0) is 18.7. The average Bonchev–Trinajstić information content (AvgIpc) is 2.75. The maximum Gasteiger partial charge on any atom is 0.305 e. The smallest absolute Gasteiger partial charge is 0.305 e. The number of aliphatic carboxylic acids is 1. The zero-order valence-corrected chi connectivity index (χ0v) is 14.6. The summed E-state index contributed by atoms with van der Waals surface area (Å²) < 4.78 is 0. The molecule has 0 bridgehead atoms. The van der Waals surface area contributed by atoms with Crippen molar-refractivity contribution in [3.05, 3.63) is 34.9 Å². The van der Waals surface area contributed by atoms with E-state index in [1.54, 1.807) is 18.2 Å². The number of aryl methyl sites for hydroxylation is 1. The molecule has 1 aromatic rings. The molecule has 1 heterocycles. The number of carboxylic acids is 1. The Kier molecular flexibility index (Phi) is 5.56. The molecule has 1 aliphatic heterocycles. The minimum Gasteiger partial charge on any atom is -0.481 e. The molecule has 0 spiro atoms. The predicted molar refractivity (Wildman–Crippen MR) is 90.2 cm³/mol. The number of rotatable bonds is 7. The normalized spacial score (nSPS) is 13.4. The third-order valence-electron chi connectivity index (χ3n) is 3.95. The topological polar surface area (TPSA) is 95.0 Å². The number of carboxylic acid groups (broad SMARTS) is 1. The van der Waals surface area contributed by atoms with Crippen LogP contribution in [0.3, 0.4) is 0 Å². The summed E-state index contributed by atoms with van der Waals surface area (Å²) in [6.07, 6.45) is -0.181. The molecule has 7 nitrogen and oxygen atoms in total. The van der Waals surface area contributed by atoms with Crippen LogP contribution < -0.4 is 0 Å². The molecule has 0 atom stereocenters. The van der Waals surface area contributed by atoms with E-state index < -0.39 is 23.7 Å². The lowest BCUT2D eigenvalue weighted by molar-refractivity contribution is -0.138. The number of imide groups is 1. The fraction of sp³-hybridized carbons (Fsp3) is 0.444. The fourth-order valence-electron chi connectivity index (χ4n) is 2.77. The molecule has 1 aliphatic rings. The maximum absolute atomic E-state index is 12.5. The summed E-state index contributed by atoms with van der Waals surface area (Å²) in [5.41, 5.74) is 1.46. The van der Waals surface area contributed by atoms with Crippen molar-refractivity contribution in [2.45, 2.75) is 27.2 Å². The standard InChI is InChI=1S/C18H22N2O5/c1-11(2)9-19(7-6-16(22)23)15(21)10-20-17(24)13-5-4-12(3)8-14(13)18(20)25/h4-5,8,11H,6-7,9-10H2,1-3H3,(H,22,23). The summed E-state index contributed by atoms with van der Waals surface area (Å²) in [4.78, 5) is 50.5. The Labute approximate surface area is 146 Å². The number of amides is 3. The van der Waals surface area contributed by atoms with Gasteiger partial charge in [-0.15, -0.1) is 0 Å². The van der Waals surface area contributed by atoms with Crippen molar-refractivity contribution in [1.29, 1.82) is 0 Å². The molecule has 1 N–H and O–H groups in total. The van der Waals surface area contributed by atoms with E-state index in [4.69, 9.17) is 5.11 Å². The Morgan fingerprint density at radius 3 is 2.40 bits per heavy atom. The summed E-state index contributed by atoms with van der Waals surface area (Å²) in [5.74, 6) is -2.27. The monoisotopic (exact) mass is 346 g/mol. The third-order valence-corrected chi connectivity index (χ3v) is 3.95. The summed E-state index contributed by atoms with van der Waals surface area (Å²) in [5, 5.41) is 8.83. The van der Waals surface area contributed by atoms with Crippen LogP contribution in [0.2, 0.25) is 0 Å². The van der Waals surface area contributed by atoms with E-state index in [-0.39, 0.29) is 25.4 Å². The van der Waals surface area contributed by atoms with Crippen molar-refractivity contribution in [2.75, 3.05) is 19.6 Å². The first-order valence-electron chi connectivity index (χ1n) is 8.17. The molecule has 0 unspecified atom stereocenters. The molecular weight excluding hydrogens is 324 g/mol. The Balaban J connectivity index is 2.14. The fourth-order valence-corrected chi connectivity index (χ4v) is 2.77. The van der Waals surface area contributed by atoms with Crippen molar-refractivity contribution in [3.63, 3.8) is 0 Å². The highest BCUT2D eigenvalue weighted by Crippen LogP contribution is 2.23. The van der Waals surface area contributed by atoms with E-state index in [1.165, 1.54) is 4.90 Å². The number of benzene rings is 1. The first-order valence-corrected chi connectivity index (χ1v) is 8.17. The van der Waals surface area contributed by atoms with Crippen LogP contribution in [-0.2, 0) is 9.59 Å². The second-order valence-electron chi connectivity index (χ2n) is 6.62. The van der Waals surface area contributed by atoms with Gasteiger partial charge in [0.25, 0.3) is 11.8 Å². The van der Waals surface area contributed by atoms with Gasteiger partial charge in [0.05, 0.1) is 17.5 Å². The Morgan fingerprint density at radius 2 is 1.80 bits per heavy atom. The number of carbonyl (C=O) groups is 4. The average molecular weight is 346 g/mol. The highest BCUT2D eigenvalue weighted by Gasteiger charge is 2.37. The Morgan fingerprint density at radius 1 is 1.16 bits per heavy atom. The van der Waals surface area contributed by atoms with Gasteiger partial charge in [-0.25, -0.2) is 0 Å². The van der Waals surface area contributed by atoms with Crippen LogP contribution in [0.4, 0.5) is 0 Å². The first kappa shape index (κ1) is 18.6. The van der Waals surface area contributed by atoms with Gasteiger partial charge in [-0.3, -0.25) is 24.1 Å². The van der Waals surface area contributed by atoms with Crippen molar-refractivity contribution in [2.24, 2.45) is 5.92 Å². The summed E-state index contributed by atoms with van der Waals surface area (Å²) in [7, 11) is 0. The van der Waals surface area contributed by atoms with Gasteiger partial charge in [-0.05, 0) is 25.0 Å². The molecule has 2 rings (SSSR count). The molecule has 0 aliphatic carbocycles. The maximum atomic E-state index is 12.5. The van der Waals surface area contributed by atoms with Crippen LogP contribution in [0.5, 0.6) is 0 Å². The van der Waals surface area contributed by atoms with Crippen LogP contribution in [0.1, 0.15) is 46.5 Å². The van der Waals surface area contributed by atoms with Crippen molar-refractivity contribution < 1.29 is 24.3 Å². The second-order valence-corrected chi connectivity index (χ2v) is 6.62. The van der Waals surface area contributed by atoms with E-state index in [1.807, 2.05) is 20.8 Å². The largest absolute Gasteiger partial charge is 0.481 e. The van der Waals surface area contributed by atoms with Gasteiger partial charge in [-0.2, -0.15) is 0 Å². The van der Waals surface area contributed by atoms with E-state index >= 15 is 0 Å². The molecule has 0 fully saturated rings. The van der Waals surface area contributed by atoms with Crippen molar-refractivity contribution in [3.8, 4) is 0 Å². The lowest BCUT2D eigenvalue weighted by Crippen LogP contribution is -2.44. The predicted octanol–water partition coefficient (Wildman–Crippen LogP) is 1.55. The van der Waals surface area contributed by atoms with Crippen LogP contribution in [0.25, 0.3) is 0 Å². The molecule has 0 saturated heterocycles. The molecule has 0 saturated carbocycles. The number of carbonyl (C=O) groups excluding carboxylic acids is 3. The van der Waals surface area contributed by atoms with Crippen LogP contribution in [0, 0.1) is 12.8 Å². The van der Waals surface area contributed by atoms with Crippen LogP contribution in [-0.4, -0.2) is 58.2 Å². The number of hydrogen-bond donors (Lipinski definition) is 1. The highest BCUT2D eigenvalue weighted by molar-refractivity contribution is 6.22. The van der Waals surface area contributed by atoms with E-state index in [0.717, 1.165) is 10.5 Å². The Bertz CT molecular complexity index is 726. The molecule has 3 amide bonds. The summed E-state index contributed by atoms with van der Waals surface area (Å²) in [6.45, 7) is 5.68. The number of fused-ring (bicyclic) bond motifs is 1. The van der Waals surface area contributed by atoms with E-state index in [9.17, 15) is 19.2 Å². The zero-order valence-electron chi connectivity index (χ0n) is 14.6. The van der Waals surface area contributed by atoms with Crippen LogP contribution in [0.15, 0.2) is 18.2 Å². The lowest BCUT2D eigenvalue weighted by atomic mass is 10.1. The van der Waals surface area contributed by atoms with Gasteiger partial charge < -0.3 is 10.0 Å².